The molecule has 132 valence electrons. The fourth-order valence-corrected chi connectivity index (χ4v) is 3.87. The molecule has 2 aromatic rings. The number of likely N-dealkylation sites (tertiary alicyclic amines) is 1. The lowest BCUT2D eigenvalue weighted by Crippen LogP contribution is -2.37. The van der Waals surface area contributed by atoms with Gasteiger partial charge in [0.25, 0.3) is 0 Å². The molecule has 0 bridgehead atoms. The number of ether oxygens (including phenoxy) is 2. The van der Waals surface area contributed by atoms with E-state index in [9.17, 15) is 4.39 Å². The minimum absolute atomic E-state index is 0.0707. The third-order valence-corrected chi connectivity index (χ3v) is 5.14. The quantitative estimate of drug-likeness (QED) is 0.835. The Morgan fingerprint density at radius 3 is 3.12 bits per heavy atom. The van der Waals surface area contributed by atoms with Crippen molar-refractivity contribution >= 4 is 0 Å². The van der Waals surface area contributed by atoms with Gasteiger partial charge in [0, 0.05) is 42.9 Å². The van der Waals surface area contributed by atoms with E-state index in [2.05, 4.69) is 20.9 Å². The van der Waals surface area contributed by atoms with Crippen molar-refractivity contribution in [1.29, 1.82) is 0 Å². The topological polar surface area (TPSA) is 47.5 Å². The highest BCUT2D eigenvalue weighted by molar-refractivity contribution is 5.14. The number of pyridine rings is 2. The smallest absolute Gasteiger partial charge is 0.250 e. The Morgan fingerprint density at radius 2 is 2.28 bits per heavy atom. The van der Waals surface area contributed by atoms with Gasteiger partial charge < -0.3 is 9.47 Å². The molecule has 2 atom stereocenters. The van der Waals surface area contributed by atoms with Gasteiger partial charge in [-0.05, 0) is 31.2 Å². The molecule has 0 spiro atoms. The Hall–Kier alpha value is -2.05. The number of halogens is 1. The van der Waals surface area contributed by atoms with E-state index in [1.807, 2.05) is 19.1 Å². The molecule has 25 heavy (non-hydrogen) atoms. The Labute approximate surface area is 146 Å². The lowest BCUT2D eigenvalue weighted by atomic mass is 9.82. The Bertz CT molecular complexity index is 757. The number of aryl methyl sites for hydroxylation is 1. The van der Waals surface area contributed by atoms with E-state index in [0.29, 0.717) is 19.1 Å². The second-order valence-electron chi connectivity index (χ2n) is 7.09. The number of hydrogen-bond acceptors (Lipinski definition) is 5. The number of fused-ring (bicyclic) bond motifs is 1. The van der Waals surface area contributed by atoms with Crippen LogP contribution < -0.4 is 4.74 Å². The summed E-state index contributed by atoms with van der Waals surface area (Å²) in [6.07, 6.45) is 1.54. The van der Waals surface area contributed by atoms with Gasteiger partial charge in [-0.15, -0.1) is 0 Å². The van der Waals surface area contributed by atoms with E-state index in [0.717, 1.165) is 37.6 Å². The van der Waals surface area contributed by atoms with Crippen molar-refractivity contribution in [3.05, 3.63) is 53.7 Å². The zero-order valence-electron chi connectivity index (χ0n) is 14.3. The summed E-state index contributed by atoms with van der Waals surface area (Å²) in [6, 6.07) is 9.04. The van der Waals surface area contributed by atoms with E-state index in [1.165, 1.54) is 6.07 Å². The molecule has 2 aliphatic rings. The summed E-state index contributed by atoms with van der Waals surface area (Å²) in [7, 11) is 0. The molecule has 2 fully saturated rings. The van der Waals surface area contributed by atoms with Gasteiger partial charge in [-0.2, -0.15) is 0 Å². The average Bonchev–Trinajstić information content (AvgIpc) is 3.11. The zero-order valence-corrected chi connectivity index (χ0v) is 14.3. The van der Waals surface area contributed by atoms with E-state index in [-0.39, 0.29) is 11.3 Å². The fraction of sp³-hybridized carbons (Fsp3) is 0.474. The highest BCUT2D eigenvalue weighted by Crippen LogP contribution is 2.42. The summed E-state index contributed by atoms with van der Waals surface area (Å²) in [6.45, 7) is 6.43. The lowest BCUT2D eigenvalue weighted by Gasteiger charge is -2.27. The first-order valence-corrected chi connectivity index (χ1v) is 8.61. The maximum Gasteiger partial charge on any atom is 0.250 e. The van der Waals surface area contributed by atoms with Crippen LogP contribution in [0.15, 0.2) is 36.5 Å². The van der Waals surface area contributed by atoms with Crippen LogP contribution in [0.3, 0.4) is 0 Å². The molecular formula is C19H22FN3O2. The van der Waals surface area contributed by atoms with Crippen LogP contribution in [0.4, 0.5) is 4.39 Å². The first kappa shape index (κ1) is 16.4. The zero-order chi connectivity index (χ0) is 17.3. The summed E-state index contributed by atoms with van der Waals surface area (Å²) in [4.78, 5) is 11.0. The molecule has 4 rings (SSSR count). The van der Waals surface area contributed by atoms with Crippen LogP contribution in [0, 0.1) is 24.1 Å². The third kappa shape index (κ3) is 3.37. The molecule has 0 saturated carbocycles. The molecule has 0 aliphatic carbocycles. The third-order valence-electron chi connectivity index (χ3n) is 5.14. The van der Waals surface area contributed by atoms with Crippen molar-refractivity contribution in [2.75, 3.05) is 32.9 Å². The Balaban J connectivity index is 1.44. The molecule has 2 saturated heterocycles. The van der Waals surface area contributed by atoms with Crippen molar-refractivity contribution in [3.8, 4) is 5.88 Å². The van der Waals surface area contributed by atoms with Crippen LogP contribution >= 0.6 is 0 Å². The van der Waals surface area contributed by atoms with Gasteiger partial charge in [0.05, 0.1) is 25.5 Å². The highest BCUT2D eigenvalue weighted by atomic mass is 19.1. The number of hydrogen-bond donors (Lipinski definition) is 0. The fourth-order valence-electron chi connectivity index (χ4n) is 3.87. The second-order valence-corrected chi connectivity index (χ2v) is 7.09. The maximum absolute atomic E-state index is 13.8. The second kappa shape index (κ2) is 6.69. The van der Waals surface area contributed by atoms with E-state index >= 15 is 0 Å². The average molecular weight is 343 g/mol. The first-order chi connectivity index (χ1) is 12.1. The minimum Gasteiger partial charge on any atom is -0.475 e. The summed E-state index contributed by atoms with van der Waals surface area (Å²) >= 11 is 0. The van der Waals surface area contributed by atoms with E-state index in [1.54, 1.807) is 12.3 Å². The van der Waals surface area contributed by atoms with Gasteiger partial charge in [0.1, 0.15) is 0 Å². The molecule has 0 N–H and O–H groups in total. The number of aromatic nitrogens is 2. The lowest BCUT2D eigenvalue weighted by molar-refractivity contribution is 0.0860. The standard InChI is InChI=1S/C19H22FN3O2/c1-14-4-2-5-16(22-14)9-23-8-15-10-24-12-19(15,11-23)13-25-18-17(20)6-3-7-21-18/h2-7,15H,8-13H2,1H3/t15-,19+/m1/s1. The first-order valence-electron chi connectivity index (χ1n) is 8.61. The van der Waals surface area contributed by atoms with Crippen molar-refractivity contribution in [1.82, 2.24) is 14.9 Å². The summed E-state index contributed by atoms with van der Waals surface area (Å²) in [5, 5.41) is 0. The van der Waals surface area contributed by atoms with Crippen molar-refractivity contribution in [2.45, 2.75) is 13.5 Å². The van der Waals surface area contributed by atoms with Crippen LogP contribution in [-0.2, 0) is 11.3 Å². The van der Waals surface area contributed by atoms with Crippen molar-refractivity contribution < 1.29 is 13.9 Å². The van der Waals surface area contributed by atoms with Gasteiger partial charge in [-0.3, -0.25) is 9.88 Å². The van der Waals surface area contributed by atoms with Crippen LogP contribution in [0.2, 0.25) is 0 Å². The van der Waals surface area contributed by atoms with Crippen LogP contribution in [0.25, 0.3) is 0 Å². The molecule has 0 aromatic carbocycles. The largest absolute Gasteiger partial charge is 0.475 e. The van der Waals surface area contributed by atoms with Gasteiger partial charge in [0.15, 0.2) is 5.82 Å². The van der Waals surface area contributed by atoms with E-state index < -0.39 is 5.82 Å². The predicted octanol–water partition coefficient (Wildman–Crippen LogP) is 2.45. The molecule has 0 amide bonds. The highest BCUT2D eigenvalue weighted by Gasteiger charge is 2.51. The maximum atomic E-state index is 13.8. The molecule has 2 aliphatic heterocycles. The van der Waals surface area contributed by atoms with Crippen LogP contribution in [0.1, 0.15) is 11.4 Å². The Kier molecular flexibility index (Phi) is 4.39. The SMILES string of the molecule is Cc1cccc(CN2C[C@@H]3COC[C@]3(COc3ncccc3F)C2)n1. The number of nitrogens with zero attached hydrogens (tertiary/aromatic N) is 3. The van der Waals surface area contributed by atoms with Crippen molar-refractivity contribution in [2.24, 2.45) is 11.3 Å². The van der Waals surface area contributed by atoms with Gasteiger partial charge in [-0.1, -0.05) is 6.07 Å². The molecule has 0 radical (unpaired) electrons. The molecule has 0 unspecified atom stereocenters. The molecular weight excluding hydrogens is 321 g/mol. The molecule has 4 heterocycles. The van der Waals surface area contributed by atoms with Gasteiger partial charge >= 0.3 is 0 Å². The summed E-state index contributed by atoms with van der Waals surface area (Å²) in [5.74, 6) is 0.0404. The summed E-state index contributed by atoms with van der Waals surface area (Å²) < 4.78 is 25.2. The molecule has 6 heteroatoms. The van der Waals surface area contributed by atoms with E-state index in [4.69, 9.17) is 9.47 Å². The van der Waals surface area contributed by atoms with Crippen LogP contribution in [-0.4, -0.2) is 47.8 Å². The molecule has 2 aromatic heterocycles. The molecule has 5 nitrogen and oxygen atoms in total. The normalized spacial score (nSPS) is 25.9. The summed E-state index contributed by atoms with van der Waals surface area (Å²) in [5.41, 5.74) is 2.00. The number of rotatable bonds is 5. The Morgan fingerprint density at radius 1 is 1.36 bits per heavy atom. The van der Waals surface area contributed by atoms with Gasteiger partial charge in [-0.25, -0.2) is 9.37 Å². The van der Waals surface area contributed by atoms with Gasteiger partial charge in [0.2, 0.25) is 5.88 Å². The predicted molar refractivity (Wildman–Crippen MR) is 90.7 cm³/mol. The van der Waals surface area contributed by atoms with Crippen molar-refractivity contribution in [3.63, 3.8) is 0 Å². The minimum atomic E-state index is -0.423. The monoisotopic (exact) mass is 343 g/mol. The van der Waals surface area contributed by atoms with Crippen LogP contribution in [0.5, 0.6) is 5.88 Å².